The van der Waals surface area contributed by atoms with Crippen molar-refractivity contribution in [2.45, 2.75) is 51.5 Å². The number of fused-ring (bicyclic) bond motifs is 4. The summed E-state index contributed by atoms with van der Waals surface area (Å²) in [6, 6.07) is 10.7. The first-order valence-electron chi connectivity index (χ1n) is 10.2. The monoisotopic (exact) mass is 374 g/mol. The van der Waals surface area contributed by atoms with Crippen molar-refractivity contribution in [1.29, 1.82) is 0 Å². The second-order valence-corrected chi connectivity index (χ2v) is 8.28. The minimum absolute atomic E-state index is 0.0136. The molecule has 5 nitrogen and oxygen atoms in total. The van der Waals surface area contributed by atoms with Crippen LogP contribution in [0.15, 0.2) is 30.3 Å². The van der Waals surface area contributed by atoms with E-state index in [9.17, 15) is 4.79 Å². The van der Waals surface area contributed by atoms with E-state index in [-0.39, 0.29) is 11.4 Å². The molecule has 0 bridgehead atoms. The van der Waals surface area contributed by atoms with Crippen molar-refractivity contribution in [3.63, 3.8) is 0 Å². The third-order valence-corrected chi connectivity index (χ3v) is 6.20. The van der Waals surface area contributed by atoms with Crippen molar-refractivity contribution in [2.75, 3.05) is 11.9 Å². The second kappa shape index (κ2) is 6.36. The van der Waals surface area contributed by atoms with Gasteiger partial charge in [0.25, 0.3) is 5.91 Å². The molecule has 0 fully saturated rings. The molecule has 0 saturated carbocycles. The van der Waals surface area contributed by atoms with Gasteiger partial charge in [-0.3, -0.25) is 4.79 Å². The average molecular weight is 374 g/mol. The summed E-state index contributed by atoms with van der Waals surface area (Å²) in [4.78, 5) is 20.9. The van der Waals surface area contributed by atoms with Gasteiger partial charge in [-0.1, -0.05) is 31.2 Å². The van der Waals surface area contributed by atoms with Gasteiger partial charge in [0, 0.05) is 17.6 Å². The Morgan fingerprint density at radius 1 is 1.25 bits per heavy atom. The van der Waals surface area contributed by atoms with Gasteiger partial charge in [-0.05, 0) is 61.8 Å². The SMILES string of the molecule is CCCNC(=O)c1cc2[nH]c(C)nc2c2c1CCC1(Cc3ccccc3C1)N2. The zero-order chi connectivity index (χ0) is 19.3. The standard InChI is InChI=1S/C23H26N4O/c1-3-10-24-22(28)18-11-19-21(26-14(2)25-19)20-17(18)8-9-23(27-20)12-15-6-4-5-7-16(15)13-23/h4-7,11,27H,3,8-10,12-13H2,1-2H3,(H,24,28)(H,25,26). The summed E-state index contributed by atoms with van der Waals surface area (Å²) in [6.07, 6.45) is 4.91. The lowest BCUT2D eigenvalue weighted by atomic mass is 9.82. The molecule has 5 rings (SSSR count). The van der Waals surface area contributed by atoms with Crippen molar-refractivity contribution < 1.29 is 4.79 Å². The summed E-state index contributed by atoms with van der Waals surface area (Å²) in [5, 5.41) is 6.91. The lowest BCUT2D eigenvalue weighted by Crippen LogP contribution is -2.43. The highest BCUT2D eigenvalue weighted by molar-refractivity contribution is 6.04. The Labute approximate surface area is 164 Å². The molecular formula is C23H26N4O. The maximum absolute atomic E-state index is 12.8. The molecule has 144 valence electrons. The Kier molecular flexibility index (Phi) is 3.93. The minimum atomic E-state index is 0.0136. The average Bonchev–Trinajstić information content (AvgIpc) is 3.24. The molecule has 3 N–H and O–H groups in total. The van der Waals surface area contributed by atoms with Crippen LogP contribution in [0.1, 0.15) is 52.6 Å². The van der Waals surface area contributed by atoms with Gasteiger partial charge in [0.15, 0.2) is 0 Å². The van der Waals surface area contributed by atoms with Gasteiger partial charge >= 0.3 is 0 Å². The predicted octanol–water partition coefficient (Wildman–Crippen LogP) is 3.91. The normalized spacial score (nSPS) is 16.6. The van der Waals surface area contributed by atoms with Crippen LogP contribution in [0, 0.1) is 6.92 Å². The van der Waals surface area contributed by atoms with Gasteiger partial charge in [-0.2, -0.15) is 0 Å². The first kappa shape index (κ1) is 17.3. The largest absolute Gasteiger partial charge is 0.377 e. The third kappa shape index (κ3) is 2.68. The Balaban J connectivity index is 1.59. The van der Waals surface area contributed by atoms with Crippen LogP contribution < -0.4 is 10.6 Å². The van der Waals surface area contributed by atoms with Crippen molar-refractivity contribution in [3.05, 3.63) is 58.4 Å². The molecule has 28 heavy (non-hydrogen) atoms. The predicted molar refractivity (Wildman–Crippen MR) is 112 cm³/mol. The first-order valence-corrected chi connectivity index (χ1v) is 10.2. The highest BCUT2D eigenvalue weighted by atomic mass is 16.1. The quantitative estimate of drug-likeness (QED) is 0.651. The van der Waals surface area contributed by atoms with E-state index in [4.69, 9.17) is 4.98 Å². The van der Waals surface area contributed by atoms with Crippen molar-refractivity contribution >= 4 is 22.6 Å². The fourth-order valence-electron chi connectivity index (χ4n) is 4.90. The number of nitrogens with one attached hydrogen (secondary N) is 3. The Morgan fingerprint density at radius 3 is 2.71 bits per heavy atom. The number of hydrogen-bond donors (Lipinski definition) is 3. The van der Waals surface area contributed by atoms with E-state index in [1.165, 1.54) is 11.1 Å². The molecule has 1 amide bonds. The molecule has 0 unspecified atom stereocenters. The van der Waals surface area contributed by atoms with E-state index >= 15 is 0 Å². The molecule has 0 radical (unpaired) electrons. The molecule has 1 spiro atoms. The second-order valence-electron chi connectivity index (χ2n) is 8.28. The van der Waals surface area contributed by atoms with Crippen LogP contribution in [0.5, 0.6) is 0 Å². The Hall–Kier alpha value is -2.82. The molecule has 5 heteroatoms. The van der Waals surface area contributed by atoms with Crippen LogP contribution in [0.25, 0.3) is 11.0 Å². The molecule has 2 heterocycles. The number of hydrogen-bond acceptors (Lipinski definition) is 3. The third-order valence-electron chi connectivity index (χ3n) is 6.20. The number of carbonyl (C=O) groups excluding carboxylic acids is 1. The van der Waals surface area contributed by atoms with Crippen molar-refractivity contribution in [1.82, 2.24) is 15.3 Å². The lowest BCUT2D eigenvalue weighted by Gasteiger charge is -2.37. The van der Waals surface area contributed by atoms with Gasteiger partial charge in [-0.25, -0.2) is 4.98 Å². The fourth-order valence-corrected chi connectivity index (χ4v) is 4.90. The van der Waals surface area contributed by atoms with Gasteiger partial charge in [0.1, 0.15) is 11.3 Å². The zero-order valence-electron chi connectivity index (χ0n) is 16.5. The molecule has 1 aliphatic heterocycles. The van der Waals surface area contributed by atoms with Gasteiger partial charge in [0.2, 0.25) is 0 Å². The highest BCUT2D eigenvalue weighted by Gasteiger charge is 2.41. The Bertz CT molecular complexity index is 1060. The number of rotatable bonds is 3. The van der Waals surface area contributed by atoms with E-state index in [0.717, 1.165) is 65.8 Å². The summed E-state index contributed by atoms with van der Waals surface area (Å²) in [5.41, 5.74) is 7.70. The van der Waals surface area contributed by atoms with E-state index in [1.54, 1.807) is 0 Å². The zero-order valence-corrected chi connectivity index (χ0v) is 16.5. The van der Waals surface area contributed by atoms with Crippen LogP contribution in [0.4, 0.5) is 5.69 Å². The maximum atomic E-state index is 12.8. The highest BCUT2D eigenvalue weighted by Crippen LogP contribution is 2.43. The maximum Gasteiger partial charge on any atom is 0.251 e. The fraction of sp³-hybridized carbons (Fsp3) is 0.391. The van der Waals surface area contributed by atoms with Gasteiger partial charge < -0.3 is 15.6 Å². The molecule has 0 saturated heterocycles. The lowest BCUT2D eigenvalue weighted by molar-refractivity contribution is 0.0952. The number of carbonyl (C=O) groups is 1. The number of benzene rings is 2. The summed E-state index contributed by atoms with van der Waals surface area (Å²) < 4.78 is 0. The smallest absolute Gasteiger partial charge is 0.251 e. The molecule has 0 atom stereocenters. The number of aromatic nitrogens is 2. The molecular weight excluding hydrogens is 348 g/mol. The van der Waals surface area contributed by atoms with Crippen LogP contribution in [-0.4, -0.2) is 28.0 Å². The molecule has 2 aliphatic rings. The van der Waals surface area contributed by atoms with Crippen LogP contribution in [-0.2, 0) is 19.3 Å². The number of H-pyrrole nitrogens is 1. The summed E-state index contributed by atoms with van der Waals surface area (Å²) in [6.45, 7) is 4.73. The van der Waals surface area contributed by atoms with E-state index in [0.29, 0.717) is 6.54 Å². The molecule has 3 aromatic rings. The van der Waals surface area contributed by atoms with Crippen LogP contribution in [0.2, 0.25) is 0 Å². The number of anilines is 1. The van der Waals surface area contributed by atoms with E-state index in [1.807, 2.05) is 13.0 Å². The summed E-state index contributed by atoms with van der Waals surface area (Å²) in [7, 11) is 0. The van der Waals surface area contributed by atoms with Crippen LogP contribution in [0.3, 0.4) is 0 Å². The molecule has 1 aliphatic carbocycles. The van der Waals surface area contributed by atoms with Crippen molar-refractivity contribution in [3.8, 4) is 0 Å². The number of aryl methyl sites for hydroxylation is 1. The number of aromatic amines is 1. The summed E-state index contributed by atoms with van der Waals surface area (Å²) >= 11 is 0. The van der Waals surface area contributed by atoms with Gasteiger partial charge in [-0.15, -0.1) is 0 Å². The molecule has 1 aromatic heterocycles. The Morgan fingerprint density at radius 2 is 2.00 bits per heavy atom. The van der Waals surface area contributed by atoms with Crippen LogP contribution >= 0.6 is 0 Å². The number of nitrogens with zero attached hydrogens (tertiary/aromatic N) is 1. The first-order chi connectivity index (χ1) is 13.6. The topological polar surface area (TPSA) is 69.8 Å². The van der Waals surface area contributed by atoms with Crippen molar-refractivity contribution in [2.24, 2.45) is 0 Å². The minimum Gasteiger partial charge on any atom is -0.377 e. The number of imidazole rings is 1. The molecule has 2 aromatic carbocycles. The van der Waals surface area contributed by atoms with Gasteiger partial charge in [0.05, 0.1) is 11.2 Å². The number of amides is 1. The van der Waals surface area contributed by atoms with E-state index in [2.05, 4.69) is 46.8 Å². The van der Waals surface area contributed by atoms with E-state index < -0.39 is 0 Å². The summed E-state index contributed by atoms with van der Waals surface area (Å²) in [5.74, 6) is 0.888.